The molecule has 0 radical (unpaired) electrons. The van der Waals surface area contributed by atoms with Gasteiger partial charge in [-0.1, -0.05) is 41.8 Å². The maximum atomic E-state index is 13.9. The van der Waals surface area contributed by atoms with E-state index >= 15 is 0 Å². The normalized spacial score (nSPS) is 16.9. The highest BCUT2D eigenvalue weighted by Crippen LogP contribution is 2.27. The molecular formula is C29H32Cl2N6O. The molecule has 198 valence electrons. The number of allylic oxidation sites excluding steroid dienone is 1. The Morgan fingerprint density at radius 3 is 2.37 bits per heavy atom. The number of carbonyl (C=O) groups excluding carboxylic acids is 1. The number of aryl methyl sites for hydroxylation is 1. The molecule has 2 aliphatic rings. The third kappa shape index (κ3) is 7.14. The Labute approximate surface area is 234 Å². The van der Waals surface area contributed by atoms with Crippen molar-refractivity contribution in [3.05, 3.63) is 74.3 Å². The van der Waals surface area contributed by atoms with Crippen molar-refractivity contribution >= 4 is 34.8 Å². The summed E-state index contributed by atoms with van der Waals surface area (Å²) in [6.07, 6.45) is 4.06. The second kappa shape index (κ2) is 13.2. The standard InChI is InChI=1S/C29H32Cl2N6O/c1-20-5-6-21(18-36-8-3-2-4-9-36)13-26(20)35-29(38)28(23(16-32)17-33)27(37-10-7-34-19-37)14-22-11-24(30)15-25(31)12-22/h5-6,11-13,15,27,34H,2-4,7-10,14,18-19H2,1H3,(H,35,38). The average molecular weight is 552 g/mol. The highest BCUT2D eigenvalue weighted by molar-refractivity contribution is 6.34. The molecule has 1 atom stereocenters. The molecule has 4 rings (SSSR count). The summed E-state index contributed by atoms with van der Waals surface area (Å²) in [5, 5.41) is 27.0. The van der Waals surface area contributed by atoms with Crippen LogP contribution in [0.4, 0.5) is 5.69 Å². The van der Waals surface area contributed by atoms with E-state index in [-0.39, 0.29) is 11.1 Å². The van der Waals surface area contributed by atoms with E-state index in [0.717, 1.165) is 42.9 Å². The minimum Gasteiger partial charge on any atom is -0.322 e. The molecule has 0 saturated carbocycles. The molecule has 9 heteroatoms. The number of likely N-dealkylation sites (tertiary alicyclic amines) is 1. The first-order valence-corrected chi connectivity index (χ1v) is 13.7. The predicted octanol–water partition coefficient (Wildman–Crippen LogP) is 5.04. The summed E-state index contributed by atoms with van der Waals surface area (Å²) in [6, 6.07) is 14.7. The minimum absolute atomic E-state index is 0.149. The van der Waals surface area contributed by atoms with Crippen molar-refractivity contribution in [2.45, 2.75) is 45.2 Å². The maximum absolute atomic E-state index is 13.9. The molecule has 2 N–H and O–H groups in total. The van der Waals surface area contributed by atoms with Crippen molar-refractivity contribution in [2.24, 2.45) is 0 Å². The number of amides is 1. The van der Waals surface area contributed by atoms with Crippen molar-refractivity contribution in [1.82, 2.24) is 15.1 Å². The molecule has 1 amide bonds. The molecular weight excluding hydrogens is 519 g/mol. The zero-order chi connectivity index (χ0) is 27.1. The van der Waals surface area contributed by atoms with E-state index in [0.29, 0.717) is 35.4 Å². The van der Waals surface area contributed by atoms with E-state index in [1.54, 1.807) is 18.2 Å². The van der Waals surface area contributed by atoms with Crippen molar-refractivity contribution < 1.29 is 4.79 Å². The van der Waals surface area contributed by atoms with Gasteiger partial charge in [-0.3, -0.25) is 14.6 Å². The summed E-state index contributed by atoms with van der Waals surface area (Å²) in [6.45, 7) is 6.87. The molecule has 0 bridgehead atoms. The van der Waals surface area contributed by atoms with E-state index in [2.05, 4.69) is 26.5 Å². The molecule has 2 saturated heterocycles. The van der Waals surface area contributed by atoms with Crippen LogP contribution in [0.2, 0.25) is 10.0 Å². The van der Waals surface area contributed by atoms with E-state index in [4.69, 9.17) is 23.2 Å². The van der Waals surface area contributed by atoms with Crippen molar-refractivity contribution in [2.75, 3.05) is 38.2 Å². The number of carbonyl (C=O) groups is 1. The van der Waals surface area contributed by atoms with Crippen LogP contribution in [0.5, 0.6) is 0 Å². The summed E-state index contributed by atoms with van der Waals surface area (Å²) in [5.41, 5.74) is 3.48. The van der Waals surface area contributed by atoms with Crippen LogP contribution in [0.15, 0.2) is 47.5 Å². The summed E-state index contributed by atoms with van der Waals surface area (Å²) in [7, 11) is 0. The van der Waals surface area contributed by atoms with Gasteiger partial charge >= 0.3 is 0 Å². The second-order valence-corrected chi connectivity index (χ2v) is 10.8. The Balaban J connectivity index is 1.65. The Kier molecular flexibility index (Phi) is 9.80. The van der Waals surface area contributed by atoms with Gasteiger partial charge in [0.05, 0.1) is 5.57 Å². The lowest BCUT2D eigenvalue weighted by Gasteiger charge is -2.29. The number of hydrogen-bond acceptors (Lipinski definition) is 6. The van der Waals surface area contributed by atoms with Crippen LogP contribution in [-0.4, -0.2) is 54.6 Å². The molecule has 2 aliphatic heterocycles. The largest absolute Gasteiger partial charge is 0.322 e. The SMILES string of the molecule is Cc1ccc(CN2CCCCC2)cc1NC(=O)C(=C(C#N)C#N)C(Cc1cc(Cl)cc(Cl)c1)N1CCNC1. The molecule has 0 aliphatic carbocycles. The van der Waals surface area contributed by atoms with Crippen LogP contribution >= 0.6 is 23.2 Å². The molecule has 2 aromatic carbocycles. The van der Waals surface area contributed by atoms with Crippen molar-refractivity contribution in [3.63, 3.8) is 0 Å². The third-order valence-corrected chi connectivity index (χ3v) is 7.60. The lowest BCUT2D eigenvalue weighted by molar-refractivity contribution is -0.113. The van der Waals surface area contributed by atoms with E-state index < -0.39 is 11.9 Å². The molecule has 38 heavy (non-hydrogen) atoms. The van der Waals surface area contributed by atoms with E-state index in [9.17, 15) is 15.3 Å². The molecule has 0 spiro atoms. The van der Waals surface area contributed by atoms with Gasteiger partial charge in [0.15, 0.2) is 0 Å². The van der Waals surface area contributed by atoms with Crippen LogP contribution in [0, 0.1) is 29.6 Å². The topological polar surface area (TPSA) is 95.2 Å². The first-order chi connectivity index (χ1) is 18.4. The highest BCUT2D eigenvalue weighted by Gasteiger charge is 2.32. The lowest BCUT2D eigenvalue weighted by atomic mass is 9.93. The van der Waals surface area contributed by atoms with Crippen LogP contribution in [0.1, 0.15) is 36.0 Å². The number of nitrogens with zero attached hydrogens (tertiary/aromatic N) is 4. The van der Waals surface area contributed by atoms with E-state index in [1.807, 2.05) is 31.2 Å². The summed E-state index contributed by atoms with van der Waals surface area (Å²) < 4.78 is 0. The number of anilines is 1. The van der Waals surface area contributed by atoms with Crippen LogP contribution < -0.4 is 10.6 Å². The number of halogens is 2. The quantitative estimate of drug-likeness (QED) is 0.353. The number of nitrogens with one attached hydrogen (secondary N) is 2. The monoisotopic (exact) mass is 550 g/mol. The molecule has 2 fully saturated rings. The highest BCUT2D eigenvalue weighted by atomic mass is 35.5. The molecule has 2 aromatic rings. The van der Waals surface area contributed by atoms with Gasteiger partial charge in [-0.05, 0) is 80.2 Å². The van der Waals surface area contributed by atoms with Gasteiger partial charge in [-0.2, -0.15) is 10.5 Å². The Hall–Kier alpha value is -2.91. The molecule has 0 aromatic heterocycles. The van der Waals surface area contributed by atoms with Crippen LogP contribution in [0.25, 0.3) is 0 Å². The Morgan fingerprint density at radius 2 is 1.74 bits per heavy atom. The molecule has 2 heterocycles. The minimum atomic E-state index is -0.523. The van der Waals surface area contributed by atoms with Gasteiger partial charge in [-0.15, -0.1) is 0 Å². The first kappa shape index (κ1) is 28.1. The summed E-state index contributed by atoms with van der Waals surface area (Å²) in [5.74, 6) is -0.452. The van der Waals surface area contributed by atoms with Gasteiger partial charge in [0.1, 0.15) is 17.7 Å². The number of nitriles is 2. The van der Waals surface area contributed by atoms with Crippen molar-refractivity contribution in [3.8, 4) is 12.1 Å². The van der Waals surface area contributed by atoms with E-state index in [1.165, 1.54) is 19.3 Å². The van der Waals surface area contributed by atoms with Crippen LogP contribution in [0.3, 0.4) is 0 Å². The maximum Gasteiger partial charge on any atom is 0.255 e. The molecule has 1 unspecified atom stereocenters. The Bertz CT molecular complexity index is 1250. The van der Waals surface area contributed by atoms with Crippen molar-refractivity contribution in [1.29, 1.82) is 10.5 Å². The van der Waals surface area contributed by atoms with Gasteiger partial charge in [0.2, 0.25) is 0 Å². The summed E-state index contributed by atoms with van der Waals surface area (Å²) in [4.78, 5) is 18.4. The zero-order valence-corrected chi connectivity index (χ0v) is 23.1. The predicted molar refractivity (Wildman–Crippen MR) is 151 cm³/mol. The number of rotatable bonds is 8. The smallest absolute Gasteiger partial charge is 0.255 e. The average Bonchev–Trinajstić information content (AvgIpc) is 3.43. The third-order valence-electron chi connectivity index (χ3n) is 7.16. The van der Waals surface area contributed by atoms with Gasteiger partial charge in [0.25, 0.3) is 5.91 Å². The fourth-order valence-electron chi connectivity index (χ4n) is 5.20. The Morgan fingerprint density at radius 1 is 1.03 bits per heavy atom. The molecule has 7 nitrogen and oxygen atoms in total. The van der Waals surface area contributed by atoms with Crippen LogP contribution in [-0.2, 0) is 17.8 Å². The fourth-order valence-corrected chi connectivity index (χ4v) is 5.77. The number of hydrogen-bond donors (Lipinski definition) is 2. The number of piperidine rings is 1. The zero-order valence-electron chi connectivity index (χ0n) is 21.6. The summed E-state index contributed by atoms with van der Waals surface area (Å²) >= 11 is 12.5. The van der Waals surface area contributed by atoms with Gasteiger partial charge in [-0.25, -0.2) is 0 Å². The first-order valence-electron chi connectivity index (χ1n) is 12.9. The van der Waals surface area contributed by atoms with Gasteiger partial charge in [0, 0.05) is 48.1 Å². The lowest BCUT2D eigenvalue weighted by Crippen LogP contribution is -2.41. The van der Waals surface area contributed by atoms with Gasteiger partial charge < -0.3 is 10.6 Å². The second-order valence-electron chi connectivity index (χ2n) is 9.92. The number of benzene rings is 2. The fraction of sp³-hybridized carbons (Fsp3) is 0.414.